The number of hydrogen-bond acceptors (Lipinski definition) is 3. The minimum Gasteiger partial charge on any atom is -0.371 e. The van der Waals surface area contributed by atoms with Crippen LogP contribution in [-0.2, 0) is 10.3 Å². The van der Waals surface area contributed by atoms with E-state index in [0.717, 1.165) is 5.56 Å². The molecule has 1 aliphatic heterocycles. The Kier molecular flexibility index (Phi) is 3.23. The molecule has 3 atom stereocenters. The van der Waals surface area contributed by atoms with Crippen molar-refractivity contribution >= 4 is 10.3 Å². The van der Waals surface area contributed by atoms with Gasteiger partial charge in [-0.25, -0.2) is 0 Å². The largest absolute Gasteiger partial charge is 0.386 e. The summed E-state index contributed by atoms with van der Waals surface area (Å²) in [4.78, 5) is 0. The number of rotatable bonds is 4. The van der Waals surface area contributed by atoms with E-state index in [-0.39, 0.29) is 12.1 Å². The Balaban J connectivity index is 1.80. The van der Waals surface area contributed by atoms with E-state index in [1.807, 2.05) is 43.3 Å². The first-order valence-electron chi connectivity index (χ1n) is 6.42. The van der Waals surface area contributed by atoms with Gasteiger partial charge in [-0.15, -0.1) is 0 Å². The first-order chi connectivity index (χ1) is 9.59. The SMILES string of the molecule is C[C@H]1[C@@H](c2ccccc2)N1S(=O)(=O)Oc1ccccc1. The van der Waals surface area contributed by atoms with Crippen LogP contribution < -0.4 is 4.18 Å². The third-order valence-corrected chi connectivity index (χ3v) is 4.87. The summed E-state index contributed by atoms with van der Waals surface area (Å²) in [6, 6.07) is 17.9. The lowest BCUT2D eigenvalue weighted by Gasteiger charge is -2.08. The Morgan fingerprint density at radius 3 is 2.10 bits per heavy atom. The fourth-order valence-electron chi connectivity index (χ4n) is 2.38. The monoisotopic (exact) mass is 289 g/mol. The van der Waals surface area contributed by atoms with Crippen molar-refractivity contribution in [2.75, 3.05) is 0 Å². The highest BCUT2D eigenvalue weighted by atomic mass is 32.2. The van der Waals surface area contributed by atoms with Gasteiger partial charge in [0.1, 0.15) is 5.75 Å². The summed E-state index contributed by atoms with van der Waals surface area (Å²) < 4.78 is 31.1. The van der Waals surface area contributed by atoms with Gasteiger partial charge in [0.25, 0.3) is 0 Å². The van der Waals surface area contributed by atoms with E-state index in [1.165, 1.54) is 4.31 Å². The van der Waals surface area contributed by atoms with Gasteiger partial charge in [-0.1, -0.05) is 48.5 Å². The molecular formula is C15H15NO3S. The topological polar surface area (TPSA) is 46.4 Å². The van der Waals surface area contributed by atoms with Crippen molar-refractivity contribution in [1.29, 1.82) is 0 Å². The van der Waals surface area contributed by atoms with Crippen LogP contribution in [-0.4, -0.2) is 18.8 Å². The summed E-state index contributed by atoms with van der Waals surface area (Å²) >= 11 is 0. The summed E-state index contributed by atoms with van der Waals surface area (Å²) in [5.74, 6) is 0.332. The Bertz CT molecular complexity index is 686. The van der Waals surface area contributed by atoms with Gasteiger partial charge in [0.15, 0.2) is 0 Å². The molecule has 1 saturated heterocycles. The van der Waals surface area contributed by atoms with Crippen molar-refractivity contribution in [3.05, 3.63) is 66.2 Å². The molecule has 104 valence electrons. The van der Waals surface area contributed by atoms with Crippen LogP contribution in [0.25, 0.3) is 0 Å². The molecule has 1 unspecified atom stereocenters. The summed E-state index contributed by atoms with van der Waals surface area (Å²) in [6.45, 7) is 1.88. The second kappa shape index (κ2) is 4.92. The van der Waals surface area contributed by atoms with E-state index in [1.54, 1.807) is 24.3 Å². The molecular weight excluding hydrogens is 274 g/mol. The van der Waals surface area contributed by atoms with E-state index in [2.05, 4.69) is 0 Å². The van der Waals surface area contributed by atoms with Crippen LogP contribution in [0.15, 0.2) is 60.7 Å². The zero-order valence-corrected chi connectivity index (χ0v) is 11.8. The highest BCUT2D eigenvalue weighted by Crippen LogP contribution is 2.45. The fourth-order valence-corrected chi connectivity index (χ4v) is 3.87. The van der Waals surface area contributed by atoms with Crippen LogP contribution in [0.3, 0.4) is 0 Å². The van der Waals surface area contributed by atoms with Crippen molar-refractivity contribution in [2.24, 2.45) is 0 Å². The highest BCUT2D eigenvalue weighted by Gasteiger charge is 2.54. The Hall–Kier alpha value is -1.85. The summed E-state index contributed by atoms with van der Waals surface area (Å²) in [5, 5.41) is 0. The molecule has 0 spiro atoms. The molecule has 0 radical (unpaired) electrons. The maximum Gasteiger partial charge on any atom is 0.386 e. The third-order valence-electron chi connectivity index (χ3n) is 3.39. The standard InChI is InChI=1S/C15H15NO3S/c1-12-15(13-8-4-2-5-9-13)16(12)20(17,18)19-14-10-6-3-7-11-14/h2-12,15H,1H3/t12-,15-,16?/m0/s1. The van der Waals surface area contributed by atoms with Crippen molar-refractivity contribution in [1.82, 2.24) is 4.31 Å². The van der Waals surface area contributed by atoms with Crippen LogP contribution in [0.2, 0.25) is 0 Å². The first-order valence-corrected chi connectivity index (χ1v) is 7.79. The van der Waals surface area contributed by atoms with E-state index in [0.29, 0.717) is 5.75 Å². The van der Waals surface area contributed by atoms with Crippen LogP contribution in [0.5, 0.6) is 5.75 Å². The molecule has 0 aliphatic carbocycles. The van der Waals surface area contributed by atoms with Gasteiger partial charge in [-0.3, -0.25) is 0 Å². The average molecular weight is 289 g/mol. The zero-order valence-electron chi connectivity index (χ0n) is 11.0. The third kappa shape index (κ3) is 2.42. The molecule has 3 rings (SSSR count). The maximum absolute atomic E-state index is 12.3. The van der Waals surface area contributed by atoms with Crippen LogP contribution >= 0.6 is 0 Å². The number of para-hydroxylation sites is 1. The van der Waals surface area contributed by atoms with Gasteiger partial charge in [0.05, 0.1) is 6.04 Å². The zero-order chi connectivity index (χ0) is 14.2. The number of nitrogens with zero attached hydrogens (tertiary/aromatic N) is 1. The number of benzene rings is 2. The number of hydrogen-bond donors (Lipinski definition) is 0. The normalized spacial score (nSPS) is 25.1. The Morgan fingerprint density at radius 1 is 0.950 bits per heavy atom. The van der Waals surface area contributed by atoms with Gasteiger partial charge in [-0.2, -0.15) is 12.7 Å². The average Bonchev–Trinajstić information content (AvgIpc) is 3.13. The molecule has 1 aliphatic rings. The minimum absolute atomic E-state index is 0.0777. The molecule has 20 heavy (non-hydrogen) atoms. The second-order valence-electron chi connectivity index (χ2n) is 4.78. The maximum atomic E-state index is 12.3. The lowest BCUT2D eigenvalue weighted by Crippen LogP contribution is -2.20. The lowest BCUT2D eigenvalue weighted by atomic mass is 10.1. The van der Waals surface area contributed by atoms with Gasteiger partial charge >= 0.3 is 10.3 Å². The lowest BCUT2D eigenvalue weighted by molar-refractivity contribution is 0.441. The predicted octanol–water partition coefficient (Wildman–Crippen LogP) is 2.76. The van der Waals surface area contributed by atoms with Crippen molar-refractivity contribution < 1.29 is 12.6 Å². The van der Waals surface area contributed by atoms with Gasteiger partial charge in [0.2, 0.25) is 0 Å². The predicted molar refractivity (Wildman–Crippen MR) is 76.5 cm³/mol. The highest BCUT2D eigenvalue weighted by molar-refractivity contribution is 7.85. The molecule has 5 heteroatoms. The van der Waals surface area contributed by atoms with E-state index >= 15 is 0 Å². The van der Waals surface area contributed by atoms with Gasteiger partial charge in [0, 0.05) is 6.04 Å². The molecule has 0 aromatic heterocycles. The summed E-state index contributed by atoms with van der Waals surface area (Å²) in [7, 11) is -3.75. The van der Waals surface area contributed by atoms with E-state index < -0.39 is 10.3 Å². The molecule has 0 amide bonds. The van der Waals surface area contributed by atoms with Crippen LogP contribution in [0.1, 0.15) is 18.5 Å². The molecule has 2 aromatic carbocycles. The van der Waals surface area contributed by atoms with Crippen molar-refractivity contribution in [3.63, 3.8) is 0 Å². The van der Waals surface area contributed by atoms with Crippen molar-refractivity contribution in [2.45, 2.75) is 19.0 Å². The molecule has 0 saturated carbocycles. The molecule has 0 bridgehead atoms. The van der Waals surface area contributed by atoms with E-state index in [4.69, 9.17) is 4.18 Å². The molecule has 4 nitrogen and oxygen atoms in total. The van der Waals surface area contributed by atoms with Crippen LogP contribution in [0, 0.1) is 0 Å². The molecule has 1 fully saturated rings. The molecule has 1 heterocycles. The van der Waals surface area contributed by atoms with Crippen LogP contribution in [0.4, 0.5) is 0 Å². The fraction of sp³-hybridized carbons (Fsp3) is 0.200. The van der Waals surface area contributed by atoms with Gasteiger partial charge in [-0.05, 0) is 24.6 Å². The smallest absolute Gasteiger partial charge is 0.371 e. The first kappa shape index (κ1) is 13.1. The van der Waals surface area contributed by atoms with Gasteiger partial charge < -0.3 is 4.18 Å². The molecule has 2 aromatic rings. The summed E-state index contributed by atoms with van der Waals surface area (Å²) in [6.07, 6.45) is 0. The second-order valence-corrected chi connectivity index (χ2v) is 6.22. The van der Waals surface area contributed by atoms with Crippen molar-refractivity contribution in [3.8, 4) is 5.75 Å². The quantitative estimate of drug-likeness (QED) is 0.813. The Labute approximate surface area is 118 Å². The molecule has 0 N–H and O–H groups in total. The summed E-state index contributed by atoms with van der Waals surface area (Å²) in [5.41, 5.74) is 0.986. The minimum atomic E-state index is -3.75. The Morgan fingerprint density at radius 2 is 1.50 bits per heavy atom. The van der Waals surface area contributed by atoms with E-state index in [9.17, 15) is 8.42 Å².